The van der Waals surface area contributed by atoms with Crippen molar-refractivity contribution >= 4 is 5.94 Å². The maximum atomic E-state index is 13.0. The van der Waals surface area contributed by atoms with Gasteiger partial charge in [-0.15, -0.1) is 0 Å². The molecule has 1 N–H and O–H groups in total. The number of carbonyl (C=O) groups excluding carboxylic acids is 1. The number of benzene rings is 1. The lowest BCUT2D eigenvalue weighted by atomic mass is 10.0. The van der Waals surface area contributed by atoms with E-state index in [2.05, 4.69) is 21.1 Å². The van der Waals surface area contributed by atoms with Gasteiger partial charge in [0, 0.05) is 19.6 Å². The number of halogens is 1. The molecule has 0 saturated carbocycles. The molecule has 0 bridgehead atoms. The lowest BCUT2D eigenvalue weighted by Crippen LogP contribution is -2.56. The van der Waals surface area contributed by atoms with Gasteiger partial charge in [-0.05, 0) is 38.7 Å². The zero-order valence-corrected chi connectivity index (χ0v) is 12.8. The molecule has 1 aromatic carbocycles. The zero-order valence-electron chi connectivity index (χ0n) is 12.8. The van der Waals surface area contributed by atoms with E-state index in [0.717, 1.165) is 18.7 Å². The lowest BCUT2D eigenvalue weighted by molar-refractivity contribution is 0.152. The fourth-order valence-electron chi connectivity index (χ4n) is 2.70. The van der Waals surface area contributed by atoms with Crippen molar-refractivity contribution in [2.45, 2.75) is 25.6 Å². The van der Waals surface area contributed by atoms with Crippen LogP contribution in [0.3, 0.4) is 0 Å². The monoisotopic (exact) mass is 291 g/mol. The van der Waals surface area contributed by atoms with Crippen molar-refractivity contribution < 1.29 is 9.18 Å². The van der Waals surface area contributed by atoms with E-state index in [9.17, 15) is 9.18 Å². The SMILES string of the molecule is CC1NCC(CN(C)C)N(Cc2ccc(F)cc2)C1=C=O. The molecule has 1 aromatic rings. The van der Waals surface area contributed by atoms with Gasteiger partial charge in [0.1, 0.15) is 17.5 Å². The molecule has 21 heavy (non-hydrogen) atoms. The van der Waals surface area contributed by atoms with Gasteiger partial charge in [0.2, 0.25) is 0 Å². The molecule has 2 rings (SSSR count). The minimum Gasteiger partial charge on any atom is -0.355 e. The first kappa shape index (κ1) is 15.7. The minimum atomic E-state index is -0.247. The first-order chi connectivity index (χ1) is 10.0. The topological polar surface area (TPSA) is 35.6 Å². The van der Waals surface area contributed by atoms with Gasteiger partial charge in [0.25, 0.3) is 0 Å². The van der Waals surface area contributed by atoms with E-state index in [4.69, 9.17) is 0 Å². The van der Waals surface area contributed by atoms with Crippen LogP contribution >= 0.6 is 0 Å². The van der Waals surface area contributed by atoms with Crippen LogP contribution in [0.15, 0.2) is 30.0 Å². The van der Waals surface area contributed by atoms with E-state index >= 15 is 0 Å². The van der Waals surface area contributed by atoms with Gasteiger partial charge in [0.15, 0.2) is 0 Å². The van der Waals surface area contributed by atoms with Crippen LogP contribution in [0.25, 0.3) is 0 Å². The molecule has 0 aromatic heterocycles. The quantitative estimate of drug-likeness (QED) is 0.847. The van der Waals surface area contributed by atoms with Gasteiger partial charge in [-0.3, -0.25) is 0 Å². The summed E-state index contributed by atoms with van der Waals surface area (Å²) in [5.41, 5.74) is 1.62. The Morgan fingerprint density at radius 3 is 2.62 bits per heavy atom. The second-order valence-electron chi connectivity index (χ2n) is 5.79. The summed E-state index contributed by atoms with van der Waals surface area (Å²) in [6.07, 6.45) is 0. The maximum Gasteiger partial charge on any atom is 0.147 e. The highest BCUT2D eigenvalue weighted by atomic mass is 19.1. The largest absolute Gasteiger partial charge is 0.355 e. The molecular formula is C16H22FN3O. The van der Waals surface area contributed by atoms with Crippen LogP contribution in [0.4, 0.5) is 4.39 Å². The highest BCUT2D eigenvalue weighted by Crippen LogP contribution is 2.20. The average Bonchev–Trinajstić information content (AvgIpc) is 2.44. The highest BCUT2D eigenvalue weighted by Gasteiger charge is 2.30. The maximum absolute atomic E-state index is 13.0. The summed E-state index contributed by atoms with van der Waals surface area (Å²) in [5, 5.41) is 3.34. The Morgan fingerprint density at radius 2 is 2.05 bits per heavy atom. The van der Waals surface area contributed by atoms with E-state index in [1.165, 1.54) is 12.1 Å². The van der Waals surface area contributed by atoms with E-state index in [1.54, 1.807) is 12.1 Å². The summed E-state index contributed by atoms with van der Waals surface area (Å²) < 4.78 is 13.0. The number of likely N-dealkylation sites (N-methyl/N-ethyl adjacent to an activating group) is 1. The third-order valence-electron chi connectivity index (χ3n) is 3.77. The molecule has 114 valence electrons. The Morgan fingerprint density at radius 1 is 1.38 bits per heavy atom. The molecule has 2 unspecified atom stereocenters. The second-order valence-corrected chi connectivity index (χ2v) is 5.79. The predicted octanol–water partition coefficient (Wildman–Crippen LogP) is 1.27. The Balaban J connectivity index is 2.22. The molecule has 0 aliphatic carbocycles. The molecule has 1 aliphatic rings. The van der Waals surface area contributed by atoms with Crippen LogP contribution in [0, 0.1) is 5.82 Å². The number of nitrogens with one attached hydrogen (secondary N) is 1. The Hall–Kier alpha value is -1.68. The van der Waals surface area contributed by atoms with Crippen molar-refractivity contribution in [1.29, 1.82) is 0 Å². The summed E-state index contributed by atoms with van der Waals surface area (Å²) >= 11 is 0. The number of nitrogens with zero attached hydrogens (tertiary/aromatic N) is 2. The van der Waals surface area contributed by atoms with E-state index in [-0.39, 0.29) is 17.9 Å². The number of hydrogen-bond acceptors (Lipinski definition) is 4. The standard InChI is InChI=1S/C16H22FN3O/c1-12-16(11-21)20(15(8-18-12)10-19(2)3)9-13-4-6-14(17)7-5-13/h4-7,12,15,18H,8-10H2,1-3H3. The first-order valence-corrected chi connectivity index (χ1v) is 7.15. The molecule has 1 saturated heterocycles. The average molecular weight is 291 g/mol. The summed E-state index contributed by atoms with van der Waals surface area (Å²) in [6.45, 7) is 4.21. The van der Waals surface area contributed by atoms with Gasteiger partial charge in [-0.2, -0.15) is 0 Å². The lowest BCUT2D eigenvalue weighted by Gasteiger charge is -2.42. The Labute approximate surface area is 125 Å². The normalized spacial score (nSPS) is 22.5. The van der Waals surface area contributed by atoms with Gasteiger partial charge >= 0.3 is 0 Å². The third kappa shape index (κ3) is 3.91. The van der Waals surface area contributed by atoms with Crippen LogP contribution in [-0.4, -0.2) is 55.0 Å². The molecular weight excluding hydrogens is 269 g/mol. The van der Waals surface area contributed by atoms with Crippen LogP contribution in [0.5, 0.6) is 0 Å². The summed E-state index contributed by atoms with van der Waals surface area (Å²) in [4.78, 5) is 15.5. The minimum absolute atomic E-state index is 0.0126. The van der Waals surface area contributed by atoms with Gasteiger partial charge in [-0.1, -0.05) is 12.1 Å². The third-order valence-corrected chi connectivity index (χ3v) is 3.77. The second kappa shape index (κ2) is 6.85. The van der Waals surface area contributed by atoms with Crippen molar-refractivity contribution in [1.82, 2.24) is 15.1 Å². The molecule has 0 spiro atoms. The first-order valence-electron chi connectivity index (χ1n) is 7.15. The Kier molecular flexibility index (Phi) is 5.12. The van der Waals surface area contributed by atoms with Crippen molar-refractivity contribution in [2.75, 3.05) is 27.2 Å². The molecule has 0 radical (unpaired) electrons. The molecule has 0 amide bonds. The molecule has 1 fully saturated rings. The molecule has 5 heteroatoms. The summed E-state index contributed by atoms with van der Waals surface area (Å²) in [6, 6.07) is 6.60. The van der Waals surface area contributed by atoms with Gasteiger partial charge < -0.3 is 15.1 Å². The number of hydrogen-bond donors (Lipinski definition) is 1. The smallest absolute Gasteiger partial charge is 0.147 e. The molecule has 2 atom stereocenters. The van der Waals surface area contributed by atoms with Crippen molar-refractivity contribution in [3.05, 3.63) is 41.3 Å². The highest BCUT2D eigenvalue weighted by molar-refractivity contribution is 5.54. The van der Waals surface area contributed by atoms with Crippen molar-refractivity contribution in [3.63, 3.8) is 0 Å². The van der Waals surface area contributed by atoms with Gasteiger partial charge in [0.05, 0.1) is 12.1 Å². The van der Waals surface area contributed by atoms with Crippen LogP contribution in [0.2, 0.25) is 0 Å². The zero-order chi connectivity index (χ0) is 15.4. The van der Waals surface area contributed by atoms with Crippen molar-refractivity contribution in [3.8, 4) is 0 Å². The molecule has 1 aliphatic heterocycles. The van der Waals surface area contributed by atoms with E-state index < -0.39 is 0 Å². The number of piperazine rings is 1. The van der Waals surface area contributed by atoms with E-state index in [0.29, 0.717) is 12.2 Å². The Bertz CT molecular complexity index is 523. The van der Waals surface area contributed by atoms with Crippen LogP contribution < -0.4 is 5.32 Å². The molecule has 4 nitrogen and oxygen atoms in total. The fourth-order valence-corrected chi connectivity index (χ4v) is 2.70. The summed E-state index contributed by atoms with van der Waals surface area (Å²) in [7, 11) is 4.02. The van der Waals surface area contributed by atoms with E-state index in [1.807, 2.05) is 21.0 Å². The van der Waals surface area contributed by atoms with Crippen LogP contribution in [0.1, 0.15) is 12.5 Å². The molecule has 1 heterocycles. The van der Waals surface area contributed by atoms with Crippen LogP contribution in [-0.2, 0) is 11.3 Å². The van der Waals surface area contributed by atoms with Gasteiger partial charge in [-0.25, -0.2) is 9.18 Å². The van der Waals surface area contributed by atoms with Crippen molar-refractivity contribution in [2.24, 2.45) is 0 Å². The fraction of sp³-hybridized carbons (Fsp3) is 0.500. The number of rotatable bonds is 4. The predicted molar refractivity (Wildman–Crippen MR) is 81.0 cm³/mol. The summed E-state index contributed by atoms with van der Waals surface area (Å²) in [5.74, 6) is 1.83.